The largest absolute Gasteiger partial charge is 0.491 e. The van der Waals surface area contributed by atoms with Crippen LogP contribution in [0.2, 0.25) is 10.0 Å². The maximum atomic E-state index is 13.1. The number of halogens is 4. The Hall–Kier alpha value is -3.88. The van der Waals surface area contributed by atoms with Crippen molar-refractivity contribution >= 4 is 50.9 Å². The maximum Gasteiger partial charge on any atom is 0.387 e. The van der Waals surface area contributed by atoms with Crippen LogP contribution in [0.1, 0.15) is 59.7 Å². The summed E-state index contributed by atoms with van der Waals surface area (Å²) in [6.07, 6.45) is 6.67. The number of sulfonamides is 1. The normalized spacial score (nSPS) is 15.0. The number of hydrogen-bond donors (Lipinski definition) is 1. The van der Waals surface area contributed by atoms with Gasteiger partial charge in [-0.3, -0.25) is 9.52 Å². The fraction of sp³-hybridized carbons (Fsp3) is 0.424. The summed E-state index contributed by atoms with van der Waals surface area (Å²) < 4.78 is 79.6. The molecule has 2 aliphatic carbocycles. The number of alkyl halides is 2. The van der Waals surface area contributed by atoms with Crippen LogP contribution in [0.15, 0.2) is 48.8 Å². The summed E-state index contributed by atoms with van der Waals surface area (Å²) in [6, 6.07) is 8.41. The highest BCUT2D eigenvalue weighted by Crippen LogP contribution is 2.38. The third-order valence-corrected chi connectivity index (χ3v) is 8.88. The first-order valence-electron chi connectivity index (χ1n) is 15.5. The standard InChI is InChI=1S/C33H34Cl2F2N2O9S/c1-49(42,43)39-26-8-6-22(13-29(26)45-17-19-2-3-19)32(41)44-11-10-31(40)47-28(14-23-24(34)15-38-16-25(23)35)21-7-9-27(48-33(36)37)30(12-21)46-18-20-4-5-20/h6-9,12-13,15-16,19-20,28,33,39H,2-5,10-11,14,17-18H2,1H3/p+1/t28-/m0/s1. The number of carbonyl (C=O) groups excluding carboxylic acids is 2. The Labute approximate surface area is 292 Å². The molecule has 16 heteroatoms. The number of aromatic nitrogens is 1. The molecule has 0 aliphatic heterocycles. The molecule has 5 rings (SSSR count). The number of pyridine rings is 1. The van der Waals surface area contributed by atoms with E-state index in [4.69, 9.17) is 42.1 Å². The van der Waals surface area contributed by atoms with E-state index in [1.807, 2.05) is 0 Å². The van der Waals surface area contributed by atoms with E-state index >= 15 is 0 Å². The van der Waals surface area contributed by atoms with Gasteiger partial charge in [0.15, 0.2) is 23.9 Å². The molecular formula is C33H35Cl2F2N2O9S+. The fourth-order valence-corrected chi connectivity index (χ4v) is 5.78. The highest BCUT2D eigenvalue weighted by molar-refractivity contribution is 7.92. The SMILES string of the molecule is CS(=O)(=O)Nc1ccc(C(=O)OCCC(=O)O[C@@H](Cc2c(Cl)c[nH+]cc2Cl)c2ccc(OC(F)F)c(OCC3CC3)c2)cc1OCC1CC1. The van der Waals surface area contributed by atoms with Crippen LogP contribution in [0, 0.1) is 11.8 Å². The Bertz CT molecular complexity index is 1750. The lowest BCUT2D eigenvalue weighted by Crippen LogP contribution is -2.18. The second kappa shape index (κ2) is 16.2. The van der Waals surface area contributed by atoms with Crippen molar-refractivity contribution < 1.29 is 55.5 Å². The maximum absolute atomic E-state index is 13.1. The molecule has 2 fully saturated rings. The van der Waals surface area contributed by atoms with E-state index in [0.29, 0.717) is 36.2 Å². The molecule has 11 nitrogen and oxygen atoms in total. The molecule has 0 spiro atoms. The van der Waals surface area contributed by atoms with Gasteiger partial charge >= 0.3 is 18.6 Å². The van der Waals surface area contributed by atoms with E-state index in [1.165, 1.54) is 48.8 Å². The molecule has 264 valence electrons. The average molecular weight is 745 g/mol. The molecular weight excluding hydrogens is 709 g/mol. The lowest BCUT2D eigenvalue weighted by atomic mass is 10.0. The van der Waals surface area contributed by atoms with Gasteiger partial charge in [-0.25, -0.2) is 18.2 Å². The zero-order valence-electron chi connectivity index (χ0n) is 26.4. The van der Waals surface area contributed by atoms with Crippen LogP contribution in [0.5, 0.6) is 17.2 Å². The van der Waals surface area contributed by atoms with E-state index in [9.17, 15) is 26.8 Å². The predicted octanol–water partition coefficient (Wildman–Crippen LogP) is 6.43. The lowest BCUT2D eigenvalue weighted by Gasteiger charge is -2.21. The summed E-state index contributed by atoms with van der Waals surface area (Å²) in [5, 5.41) is 0.562. The molecule has 49 heavy (non-hydrogen) atoms. The molecule has 1 atom stereocenters. The highest BCUT2D eigenvalue weighted by atomic mass is 35.5. The minimum Gasteiger partial charge on any atom is -0.491 e. The quantitative estimate of drug-likeness (QED) is 0.146. The van der Waals surface area contributed by atoms with Gasteiger partial charge in [0.1, 0.15) is 28.5 Å². The minimum absolute atomic E-state index is 0.0203. The molecule has 1 aromatic heterocycles. The van der Waals surface area contributed by atoms with Crippen molar-refractivity contribution in [3.8, 4) is 17.2 Å². The number of ether oxygens (including phenoxy) is 5. The van der Waals surface area contributed by atoms with Gasteiger partial charge in [0.2, 0.25) is 10.0 Å². The summed E-state index contributed by atoms with van der Waals surface area (Å²) in [5.74, 6) is -0.731. The van der Waals surface area contributed by atoms with Crippen LogP contribution in [0.3, 0.4) is 0 Å². The molecule has 2 N–H and O–H groups in total. The minimum atomic E-state index is -3.61. The molecule has 3 aromatic rings. The first-order chi connectivity index (χ1) is 23.3. The topological polar surface area (TPSA) is 141 Å². The van der Waals surface area contributed by atoms with E-state index in [2.05, 4.69) is 14.4 Å². The van der Waals surface area contributed by atoms with Crippen molar-refractivity contribution in [2.24, 2.45) is 11.8 Å². The molecule has 0 amide bonds. The van der Waals surface area contributed by atoms with Gasteiger partial charge in [0.25, 0.3) is 0 Å². The monoisotopic (exact) mass is 743 g/mol. The van der Waals surface area contributed by atoms with Crippen LogP contribution in [0.25, 0.3) is 0 Å². The Morgan fingerprint density at radius 3 is 2.20 bits per heavy atom. The van der Waals surface area contributed by atoms with Gasteiger partial charge in [-0.2, -0.15) is 8.78 Å². The Morgan fingerprint density at radius 1 is 0.939 bits per heavy atom. The van der Waals surface area contributed by atoms with Gasteiger partial charge in [0, 0.05) is 12.0 Å². The number of nitrogens with one attached hydrogen (secondary N) is 2. The number of H-pyrrole nitrogens is 1. The van der Waals surface area contributed by atoms with Crippen molar-refractivity contribution in [1.82, 2.24) is 0 Å². The Morgan fingerprint density at radius 2 is 1.59 bits per heavy atom. The third-order valence-electron chi connectivity index (χ3n) is 7.61. The molecule has 2 aliphatic rings. The number of hydrogen-bond acceptors (Lipinski definition) is 9. The van der Waals surface area contributed by atoms with Crippen molar-refractivity contribution in [2.75, 3.05) is 30.8 Å². The smallest absolute Gasteiger partial charge is 0.387 e. The molecule has 2 saturated carbocycles. The number of aromatic amines is 1. The Balaban J connectivity index is 1.27. The van der Waals surface area contributed by atoms with Crippen LogP contribution in [-0.4, -0.2) is 53.0 Å². The lowest BCUT2D eigenvalue weighted by molar-refractivity contribution is -0.377. The van der Waals surface area contributed by atoms with E-state index in [1.54, 1.807) is 0 Å². The second-order valence-corrected chi connectivity index (χ2v) is 14.4. The number of carbonyl (C=O) groups is 2. The van der Waals surface area contributed by atoms with Crippen molar-refractivity contribution in [1.29, 1.82) is 0 Å². The van der Waals surface area contributed by atoms with Crippen LogP contribution >= 0.6 is 23.2 Å². The first-order valence-corrected chi connectivity index (χ1v) is 18.2. The third kappa shape index (κ3) is 11.3. The first kappa shape index (κ1) is 36.4. The Kier molecular flexibility index (Phi) is 12.0. The highest BCUT2D eigenvalue weighted by Gasteiger charge is 2.27. The number of esters is 2. The van der Waals surface area contributed by atoms with Gasteiger partial charge < -0.3 is 23.7 Å². The molecule has 0 bridgehead atoms. The summed E-state index contributed by atoms with van der Waals surface area (Å²) in [7, 11) is -3.61. The molecule has 0 unspecified atom stereocenters. The zero-order chi connectivity index (χ0) is 35.1. The van der Waals surface area contributed by atoms with Crippen LogP contribution in [0.4, 0.5) is 14.5 Å². The zero-order valence-corrected chi connectivity index (χ0v) is 28.7. The molecule has 0 radical (unpaired) electrons. The van der Waals surface area contributed by atoms with Gasteiger partial charge in [-0.15, -0.1) is 0 Å². The fourth-order valence-electron chi connectivity index (χ4n) is 4.68. The summed E-state index contributed by atoms with van der Waals surface area (Å²) in [5.41, 5.74) is 1.14. The predicted molar refractivity (Wildman–Crippen MR) is 175 cm³/mol. The second-order valence-electron chi connectivity index (χ2n) is 11.9. The van der Waals surface area contributed by atoms with E-state index in [0.717, 1.165) is 31.9 Å². The van der Waals surface area contributed by atoms with Crippen molar-refractivity contribution in [3.63, 3.8) is 0 Å². The number of rotatable bonds is 18. The summed E-state index contributed by atoms with van der Waals surface area (Å²) in [4.78, 5) is 28.8. The number of anilines is 1. The molecule has 2 aromatic carbocycles. The summed E-state index contributed by atoms with van der Waals surface area (Å²) >= 11 is 12.8. The van der Waals surface area contributed by atoms with Gasteiger partial charge in [-0.1, -0.05) is 29.3 Å². The average Bonchev–Trinajstić information content (AvgIpc) is 3.96. The van der Waals surface area contributed by atoms with Crippen LogP contribution in [-0.2, 0) is 30.7 Å². The van der Waals surface area contributed by atoms with Crippen molar-refractivity contribution in [2.45, 2.75) is 51.2 Å². The number of benzene rings is 2. The summed E-state index contributed by atoms with van der Waals surface area (Å²) in [6.45, 7) is -2.73. The molecule has 0 saturated heterocycles. The van der Waals surface area contributed by atoms with Gasteiger partial charge in [0.05, 0.1) is 37.1 Å². The van der Waals surface area contributed by atoms with Crippen molar-refractivity contribution in [3.05, 3.63) is 75.5 Å². The van der Waals surface area contributed by atoms with E-state index in [-0.39, 0.29) is 58.0 Å². The molecule has 1 heterocycles. The van der Waals surface area contributed by atoms with Crippen LogP contribution < -0.4 is 23.9 Å². The van der Waals surface area contributed by atoms with Gasteiger partial charge in [-0.05, 0) is 73.4 Å². The van der Waals surface area contributed by atoms with E-state index < -0.39 is 34.7 Å².